The summed E-state index contributed by atoms with van der Waals surface area (Å²) in [5, 5.41) is 0. The second-order valence-electron chi connectivity index (χ2n) is 8.12. The predicted molar refractivity (Wildman–Crippen MR) is 115 cm³/mol. The smallest absolute Gasteiger partial charge is 0.00285 e. The maximum Gasteiger partial charge on any atom is 0.00285 e. The van der Waals surface area contributed by atoms with E-state index in [9.17, 15) is 0 Å². The fourth-order valence-electron chi connectivity index (χ4n) is 3.15. The van der Waals surface area contributed by atoms with Crippen LogP contribution in [0.5, 0.6) is 0 Å². The largest absolute Gasteiger partial charge is 0.0850 e. The first-order valence-corrected chi connectivity index (χ1v) is 9.40. The first-order valence-electron chi connectivity index (χ1n) is 9.40. The van der Waals surface area contributed by atoms with Crippen molar-refractivity contribution in [3.63, 3.8) is 0 Å². The van der Waals surface area contributed by atoms with Gasteiger partial charge in [0.1, 0.15) is 0 Å². The molecule has 0 nitrogen and oxygen atoms in total. The van der Waals surface area contributed by atoms with E-state index in [4.69, 9.17) is 0 Å². The molecule has 0 N–H and O–H groups in total. The number of hydrogen-bond acceptors (Lipinski definition) is 0. The molecule has 1 unspecified atom stereocenters. The minimum absolute atomic E-state index is 0.363. The zero-order valence-corrected chi connectivity index (χ0v) is 17.3. The van der Waals surface area contributed by atoms with Gasteiger partial charge in [0.15, 0.2) is 0 Å². The van der Waals surface area contributed by atoms with Crippen LogP contribution < -0.4 is 0 Å². The van der Waals surface area contributed by atoms with Crippen molar-refractivity contribution in [2.24, 2.45) is 11.3 Å². The zero-order valence-electron chi connectivity index (χ0n) is 17.3. The van der Waals surface area contributed by atoms with Crippen molar-refractivity contribution in [3.8, 4) is 0 Å². The normalized spacial score (nSPS) is 22.0. The predicted octanol–water partition coefficient (Wildman–Crippen LogP) is 7.90. The van der Waals surface area contributed by atoms with Crippen LogP contribution in [-0.4, -0.2) is 0 Å². The van der Waals surface area contributed by atoms with Crippen LogP contribution in [0.15, 0.2) is 83.1 Å². The molecule has 0 amide bonds. The Morgan fingerprint density at radius 3 is 2.16 bits per heavy atom. The van der Waals surface area contributed by atoms with Crippen molar-refractivity contribution in [1.82, 2.24) is 0 Å². The molecule has 0 heteroatoms. The van der Waals surface area contributed by atoms with Gasteiger partial charge >= 0.3 is 0 Å². The molecule has 0 aromatic heterocycles. The maximum atomic E-state index is 2.40. The van der Waals surface area contributed by atoms with E-state index in [2.05, 4.69) is 109 Å². The molecular formula is C25H36. The molecule has 136 valence electrons. The third kappa shape index (κ3) is 8.20. The standard InChI is InChI=1S/C25H36/c1-20(2)12-8-9-13-21(3)14-10-15-22(4)17-18-24-23(5)16-11-19-25(24,6)7/h8-10,12-18,24H,11,19H2,1-7H3/b9-8+,14-10+,18-17+,21-13+,22-15+. The van der Waals surface area contributed by atoms with Crippen LogP contribution in [0, 0.1) is 11.3 Å². The zero-order chi connectivity index (χ0) is 18.9. The molecule has 0 radical (unpaired) electrons. The van der Waals surface area contributed by atoms with Crippen LogP contribution in [0.2, 0.25) is 0 Å². The van der Waals surface area contributed by atoms with Crippen LogP contribution in [0.25, 0.3) is 0 Å². The third-order valence-electron chi connectivity index (χ3n) is 4.76. The Labute approximate surface area is 156 Å². The molecule has 0 aromatic rings. The number of rotatable bonds is 6. The van der Waals surface area contributed by atoms with Gasteiger partial charge in [-0.15, -0.1) is 0 Å². The highest BCUT2D eigenvalue weighted by atomic mass is 14.3. The van der Waals surface area contributed by atoms with E-state index in [1.165, 1.54) is 35.1 Å². The summed E-state index contributed by atoms with van der Waals surface area (Å²) in [6, 6.07) is 0. The van der Waals surface area contributed by atoms with Crippen molar-refractivity contribution in [1.29, 1.82) is 0 Å². The summed E-state index contributed by atoms with van der Waals surface area (Å²) in [4.78, 5) is 0. The van der Waals surface area contributed by atoms with E-state index in [0.29, 0.717) is 11.3 Å². The Balaban J connectivity index is 2.67. The molecule has 25 heavy (non-hydrogen) atoms. The quantitative estimate of drug-likeness (QED) is 0.341. The second-order valence-corrected chi connectivity index (χ2v) is 8.12. The van der Waals surface area contributed by atoms with Gasteiger partial charge < -0.3 is 0 Å². The van der Waals surface area contributed by atoms with Crippen LogP contribution in [0.3, 0.4) is 0 Å². The Kier molecular flexibility index (Phi) is 8.69. The molecule has 0 heterocycles. The van der Waals surface area contributed by atoms with Gasteiger partial charge in [-0.2, -0.15) is 0 Å². The average molecular weight is 337 g/mol. The van der Waals surface area contributed by atoms with Crippen LogP contribution in [-0.2, 0) is 0 Å². The van der Waals surface area contributed by atoms with E-state index < -0.39 is 0 Å². The Morgan fingerprint density at radius 2 is 1.52 bits per heavy atom. The summed E-state index contributed by atoms with van der Waals surface area (Å²) in [6.07, 6.45) is 24.4. The molecule has 0 aliphatic heterocycles. The first-order chi connectivity index (χ1) is 11.7. The monoisotopic (exact) mass is 336 g/mol. The van der Waals surface area contributed by atoms with Crippen LogP contribution in [0.1, 0.15) is 61.3 Å². The second kappa shape index (κ2) is 10.2. The van der Waals surface area contributed by atoms with E-state index in [1.54, 1.807) is 0 Å². The van der Waals surface area contributed by atoms with Gasteiger partial charge in [0, 0.05) is 5.92 Å². The summed E-state index contributed by atoms with van der Waals surface area (Å²) in [7, 11) is 0. The lowest BCUT2D eigenvalue weighted by atomic mass is 9.68. The Hall–Kier alpha value is -1.82. The highest BCUT2D eigenvalue weighted by Crippen LogP contribution is 2.41. The molecule has 1 atom stereocenters. The lowest BCUT2D eigenvalue weighted by Crippen LogP contribution is -2.26. The lowest BCUT2D eigenvalue weighted by molar-refractivity contribution is 0.255. The molecule has 1 aliphatic rings. The van der Waals surface area contributed by atoms with Gasteiger partial charge in [0.2, 0.25) is 0 Å². The fraction of sp³-hybridized carbons (Fsp3) is 0.440. The highest BCUT2D eigenvalue weighted by Gasteiger charge is 2.30. The number of allylic oxidation sites excluding steroid dienone is 14. The first kappa shape index (κ1) is 21.2. The molecular weight excluding hydrogens is 300 g/mol. The van der Waals surface area contributed by atoms with Crippen molar-refractivity contribution in [2.45, 2.75) is 61.3 Å². The summed E-state index contributed by atoms with van der Waals surface area (Å²) < 4.78 is 0. The van der Waals surface area contributed by atoms with Crippen LogP contribution >= 0.6 is 0 Å². The van der Waals surface area contributed by atoms with Gasteiger partial charge in [0.05, 0.1) is 0 Å². The molecule has 0 spiro atoms. The van der Waals surface area contributed by atoms with Crippen molar-refractivity contribution in [3.05, 3.63) is 83.1 Å². The van der Waals surface area contributed by atoms with Gasteiger partial charge in [0.25, 0.3) is 0 Å². The number of hydrogen-bond donors (Lipinski definition) is 0. The summed E-state index contributed by atoms with van der Waals surface area (Å²) in [5.74, 6) is 0.551. The van der Waals surface area contributed by atoms with E-state index in [1.807, 2.05) is 0 Å². The Bertz CT molecular complexity index is 636. The highest BCUT2D eigenvalue weighted by molar-refractivity contribution is 5.30. The van der Waals surface area contributed by atoms with Gasteiger partial charge in [-0.25, -0.2) is 0 Å². The summed E-state index contributed by atoms with van der Waals surface area (Å²) >= 11 is 0. The SMILES string of the molecule is CC(C)=C/C=C/C=C(C)/C=C/C=C(C)/C=C/C1C(C)=CCCC1(C)C. The van der Waals surface area contributed by atoms with Crippen molar-refractivity contribution < 1.29 is 0 Å². The molecule has 1 aliphatic carbocycles. The molecule has 0 fully saturated rings. The lowest BCUT2D eigenvalue weighted by Gasteiger charge is -2.36. The molecule has 0 saturated carbocycles. The van der Waals surface area contributed by atoms with Gasteiger partial charge in [-0.05, 0) is 52.9 Å². The molecule has 0 aromatic carbocycles. The van der Waals surface area contributed by atoms with Gasteiger partial charge in [-0.1, -0.05) is 96.9 Å². The molecule has 0 bridgehead atoms. The molecule has 0 saturated heterocycles. The summed E-state index contributed by atoms with van der Waals surface area (Å²) in [5.41, 5.74) is 5.73. The van der Waals surface area contributed by atoms with Crippen LogP contribution in [0.4, 0.5) is 0 Å². The van der Waals surface area contributed by atoms with E-state index in [-0.39, 0.29) is 0 Å². The van der Waals surface area contributed by atoms with E-state index in [0.717, 1.165) is 0 Å². The fourth-order valence-corrected chi connectivity index (χ4v) is 3.15. The van der Waals surface area contributed by atoms with Crippen molar-refractivity contribution >= 4 is 0 Å². The topological polar surface area (TPSA) is 0 Å². The average Bonchev–Trinajstić information content (AvgIpc) is 2.50. The Morgan fingerprint density at radius 1 is 0.920 bits per heavy atom. The third-order valence-corrected chi connectivity index (χ3v) is 4.76. The summed E-state index contributed by atoms with van der Waals surface area (Å²) in [6.45, 7) is 15.5. The maximum absolute atomic E-state index is 2.40. The minimum Gasteiger partial charge on any atom is -0.0850 e. The van der Waals surface area contributed by atoms with Crippen molar-refractivity contribution in [2.75, 3.05) is 0 Å². The minimum atomic E-state index is 0.363. The van der Waals surface area contributed by atoms with E-state index >= 15 is 0 Å². The van der Waals surface area contributed by atoms with Gasteiger partial charge in [-0.3, -0.25) is 0 Å². The molecule has 1 rings (SSSR count).